The Morgan fingerprint density at radius 1 is 1.19 bits per heavy atom. The summed E-state index contributed by atoms with van der Waals surface area (Å²) >= 11 is 0. The van der Waals surface area contributed by atoms with E-state index in [9.17, 15) is 27.6 Å². The molecule has 140 valence electrons. The molecule has 6 nitrogen and oxygen atoms in total. The minimum Gasteiger partial charge on any atom is -0.462 e. The highest BCUT2D eigenvalue weighted by atomic mass is 19.4. The van der Waals surface area contributed by atoms with Crippen LogP contribution < -0.4 is 5.56 Å². The highest BCUT2D eigenvalue weighted by molar-refractivity contribution is 6.08. The van der Waals surface area contributed by atoms with Crippen LogP contribution in [0.15, 0.2) is 23.1 Å². The number of pyridine rings is 1. The molecule has 2 rings (SSSR count). The topological polar surface area (TPSA) is 81.2 Å². The van der Waals surface area contributed by atoms with Gasteiger partial charge in [-0.25, -0.2) is 4.79 Å². The molecule has 0 amide bonds. The van der Waals surface area contributed by atoms with Crippen LogP contribution in [0.1, 0.15) is 44.6 Å². The number of nitrogens with zero attached hydrogens (tertiary/aromatic N) is 1. The molecule has 0 aliphatic rings. The lowest BCUT2D eigenvalue weighted by Gasteiger charge is -2.10. The number of Topliss-reactive ketones (excluding diaryl/α,β-unsaturated/α-hetero) is 1. The summed E-state index contributed by atoms with van der Waals surface area (Å²) in [5.41, 5.74) is -1.88. The Labute approximate surface area is 146 Å². The monoisotopic (exact) mass is 370 g/mol. The summed E-state index contributed by atoms with van der Waals surface area (Å²) < 4.78 is 44.1. The van der Waals surface area contributed by atoms with Crippen molar-refractivity contribution in [3.05, 3.63) is 56.8 Å². The fourth-order valence-corrected chi connectivity index (χ4v) is 2.70. The summed E-state index contributed by atoms with van der Waals surface area (Å²) in [6, 6.07) is 1.69. The van der Waals surface area contributed by atoms with Crippen LogP contribution in [0.5, 0.6) is 0 Å². The minimum absolute atomic E-state index is 0.00487. The summed E-state index contributed by atoms with van der Waals surface area (Å²) in [6.45, 7) is 4.21. The second-order valence-corrected chi connectivity index (χ2v) is 5.62. The Morgan fingerprint density at radius 2 is 1.81 bits per heavy atom. The van der Waals surface area contributed by atoms with E-state index in [0.29, 0.717) is 22.0 Å². The minimum atomic E-state index is -4.82. The van der Waals surface area contributed by atoms with Gasteiger partial charge in [-0.05, 0) is 32.9 Å². The molecule has 2 aromatic rings. The molecule has 0 fully saturated rings. The highest BCUT2D eigenvalue weighted by Crippen LogP contribution is 2.26. The van der Waals surface area contributed by atoms with Gasteiger partial charge < -0.3 is 14.3 Å². The first-order valence-electron chi connectivity index (χ1n) is 7.74. The Bertz CT molecular complexity index is 910. The fourth-order valence-electron chi connectivity index (χ4n) is 2.70. The number of aromatic amines is 1. The molecular formula is C17H17F3N2O4. The maximum Gasteiger partial charge on any atom is 0.421 e. The van der Waals surface area contributed by atoms with E-state index in [1.807, 2.05) is 0 Å². The fraction of sp³-hybridized carbons (Fsp3) is 0.353. The summed E-state index contributed by atoms with van der Waals surface area (Å²) in [6.07, 6.45) is -3.73. The number of aryl methyl sites for hydroxylation is 2. The molecule has 0 saturated heterocycles. The molecule has 0 aliphatic heterocycles. The molecule has 26 heavy (non-hydrogen) atoms. The molecule has 0 spiro atoms. The van der Waals surface area contributed by atoms with Crippen LogP contribution >= 0.6 is 0 Å². The van der Waals surface area contributed by atoms with Crippen LogP contribution in [-0.2, 0) is 17.5 Å². The Morgan fingerprint density at radius 3 is 2.38 bits per heavy atom. The second-order valence-electron chi connectivity index (χ2n) is 5.62. The largest absolute Gasteiger partial charge is 0.462 e. The number of rotatable bonds is 5. The van der Waals surface area contributed by atoms with Crippen molar-refractivity contribution >= 4 is 11.8 Å². The molecule has 0 aromatic carbocycles. The van der Waals surface area contributed by atoms with Crippen LogP contribution in [-0.4, -0.2) is 27.9 Å². The van der Waals surface area contributed by atoms with Crippen molar-refractivity contribution in [2.45, 2.75) is 33.5 Å². The molecule has 0 saturated carbocycles. The molecule has 0 unspecified atom stereocenters. The molecule has 0 atom stereocenters. The Balaban J connectivity index is 2.44. The van der Waals surface area contributed by atoms with Crippen molar-refractivity contribution in [3.8, 4) is 0 Å². The van der Waals surface area contributed by atoms with E-state index in [0.717, 1.165) is 12.3 Å². The van der Waals surface area contributed by atoms with Gasteiger partial charge in [0.05, 0.1) is 24.3 Å². The van der Waals surface area contributed by atoms with Gasteiger partial charge in [0.1, 0.15) is 5.56 Å². The quantitative estimate of drug-likeness (QED) is 0.648. The van der Waals surface area contributed by atoms with Gasteiger partial charge >= 0.3 is 12.1 Å². The van der Waals surface area contributed by atoms with E-state index in [2.05, 4.69) is 4.98 Å². The number of carbonyl (C=O) groups excluding carboxylic acids is 2. The average Bonchev–Trinajstić information content (AvgIpc) is 2.82. The molecule has 0 aliphatic carbocycles. The molecule has 1 N–H and O–H groups in total. The van der Waals surface area contributed by atoms with E-state index < -0.39 is 35.6 Å². The Hall–Kier alpha value is -2.84. The van der Waals surface area contributed by atoms with Crippen LogP contribution in [0, 0.1) is 13.8 Å². The number of nitrogens with one attached hydrogen (secondary N) is 1. The van der Waals surface area contributed by atoms with Crippen molar-refractivity contribution in [1.82, 2.24) is 9.55 Å². The van der Waals surface area contributed by atoms with Gasteiger partial charge in [0.15, 0.2) is 5.78 Å². The van der Waals surface area contributed by atoms with E-state index in [1.54, 1.807) is 20.8 Å². The molecule has 9 heteroatoms. The molecule has 0 bridgehead atoms. The first-order chi connectivity index (χ1) is 12.1. The summed E-state index contributed by atoms with van der Waals surface area (Å²) in [5, 5.41) is 0. The van der Waals surface area contributed by atoms with Gasteiger partial charge in [-0.2, -0.15) is 13.2 Å². The van der Waals surface area contributed by atoms with Gasteiger partial charge in [-0.3, -0.25) is 9.59 Å². The van der Waals surface area contributed by atoms with Crippen molar-refractivity contribution in [3.63, 3.8) is 0 Å². The lowest BCUT2D eigenvalue weighted by Crippen LogP contribution is -2.30. The lowest BCUT2D eigenvalue weighted by atomic mass is 10.0. The predicted molar refractivity (Wildman–Crippen MR) is 86.3 cm³/mol. The number of carbonyl (C=O) groups is 2. The number of aromatic nitrogens is 2. The maximum absolute atomic E-state index is 12.8. The van der Waals surface area contributed by atoms with E-state index in [1.165, 1.54) is 0 Å². The standard InChI is InChI=1S/C17H17F3N2O4/c1-4-26-16(25)14-10(3)21-9(2)13(14)12(23)8-22-7-5-6-11(15(22)24)17(18,19)20/h5-7,21H,4,8H2,1-3H3. The normalized spacial score (nSPS) is 11.5. The zero-order valence-electron chi connectivity index (χ0n) is 14.4. The number of halogens is 3. The van der Waals surface area contributed by atoms with Crippen molar-refractivity contribution < 1.29 is 27.5 Å². The first kappa shape index (κ1) is 19.5. The lowest BCUT2D eigenvalue weighted by molar-refractivity contribution is -0.139. The number of alkyl halides is 3. The number of hydrogen-bond acceptors (Lipinski definition) is 4. The highest BCUT2D eigenvalue weighted by Gasteiger charge is 2.34. The zero-order valence-corrected chi connectivity index (χ0v) is 14.4. The summed E-state index contributed by atoms with van der Waals surface area (Å²) in [7, 11) is 0. The zero-order chi connectivity index (χ0) is 19.6. The van der Waals surface area contributed by atoms with E-state index >= 15 is 0 Å². The van der Waals surface area contributed by atoms with Crippen LogP contribution in [0.2, 0.25) is 0 Å². The average molecular weight is 370 g/mol. The number of hydrogen-bond donors (Lipinski definition) is 1. The van der Waals surface area contributed by atoms with Gasteiger partial charge in [-0.1, -0.05) is 0 Å². The third-order valence-electron chi connectivity index (χ3n) is 3.77. The van der Waals surface area contributed by atoms with Crippen molar-refractivity contribution in [2.24, 2.45) is 0 Å². The molecule has 2 heterocycles. The van der Waals surface area contributed by atoms with Gasteiger partial charge in [0.25, 0.3) is 5.56 Å². The SMILES string of the molecule is CCOC(=O)c1c(C)[nH]c(C)c1C(=O)Cn1cccc(C(F)(F)F)c1=O. The van der Waals surface area contributed by atoms with Crippen molar-refractivity contribution in [1.29, 1.82) is 0 Å². The second kappa shape index (κ2) is 7.19. The number of ether oxygens (including phenoxy) is 1. The summed E-state index contributed by atoms with van der Waals surface area (Å²) in [4.78, 5) is 39.5. The molecular weight excluding hydrogens is 353 g/mol. The van der Waals surface area contributed by atoms with Crippen LogP contribution in [0.25, 0.3) is 0 Å². The molecule has 0 radical (unpaired) electrons. The van der Waals surface area contributed by atoms with E-state index in [-0.39, 0.29) is 17.7 Å². The van der Waals surface area contributed by atoms with E-state index in [4.69, 9.17) is 4.74 Å². The smallest absolute Gasteiger partial charge is 0.421 e. The third-order valence-corrected chi connectivity index (χ3v) is 3.77. The predicted octanol–water partition coefficient (Wildman–Crippen LogP) is 2.87. The number of H-pyrrole nitrogens is 1. The van der Waals surface area contributed by atoms with Gasteiger partial charge in [-0.15, -0.1) is 0 Å². The maximum atomic E-state index is 12.8. The Kier molecular flexibility index (Phi) is 5.38. The summed E-state index contributed by atoms with van der Waals surface area (Å²) in [5.74, 6) is -1.38. The molecule has 2 aromatic heterocycles. The first-order valence-corrected chi connectivity index (χ1v) is 7.74. The number of esters is 1. The number of ketones is 1. The third kappa shape index (κ3) is 3.71. The van der Waals surface area contributed by atoms with Crippen LogP contribution in [0.3, 0.4) is 0 Å². The van der Waals surface area contributed by atoms with Crippen LogP contribution in [0.4, 0.5) is 13.2 Å². The van der Waals surface area contributed by atoms with Crippen molar-refractivity contribution in [2.75, 3.05) is 6.61 Å². The van der Waals surface area contributed by atoms with Gasteiger partial charge in [0.2, 0.25) is 0 Å². The van der Waals surface area contributed by atoms with Gasteiger partial charge in [0, 0.05) is 17.6 Å².